The number of nitrogens with zero attached hydrogens (tertiary/aromatic N) is 1. The van der Waals surface area contributed by atoms with E-state index in [1.54, 1.807) is 33.2 Å². The average Bonchev–Trinajstić information content (AvgIpc) is 3.16. The summed E-state index contributed by atoms with van der Waals surface area (Å²) in [6, 6.07) is 13.8. The number of likely N-dealkylation sites (N-methyl/N-ethyl adjacent to an activating group) is 1. The zero-order valence-corrected chi connectivity index (χ0v) is 17.7. The van der Waals surface area contributed by atoms with Crippen molar-refractivity contribution < 1.29 is 14.3 Å². The van der Waals surface area contributed by atoms with Gasteiger partial charge in [-0.15, -0.1) is 0 Å². The fourth-order valence-corrected chi connectivity index (χ4v) is 3.73. The van der Waals surface area contributed by atoms with Crippen molar-refractivity contribution in [1.29, 1.82) is 0 Å². The number of aromatic amines is 1. The highest BCUT2D eigenvalue weighted by molar-refractivity contribution is 5.84. The number of fused-ring (bicyclic) bond motifs is 1. The van der Waals surface area contributed by atoms with E-state index in [-0.39, 0.29) is 17.9 Å². The van der Waals surface area contributed by atoms with Crippen LogP contribution in [0.2, 0.25) is 0 Å². The minimum atomic E-state index is -0.297. The molecule has 0 saturated carbocycles. The van der Waals surface area contributed by atoms with Gasteiger partial charge in [0.05, 0.1) is 20.3 Å². The van der Waals surface area contributed by atoms with E-state index in [4.69, 9.17) is 9.47 Å². The highest BCUT2D eigenvalue weighted by atomic mass is 16.5. The highest BCUT2D eigenvalue weighted by Gasteiger charge is 2.25. The normalized spacial score (nSPS) is 13.1. The lowest BCUT2D eigenvalue weighted by atomic mass is 9.89. The van der Waals surface area contributed by atoms with E-state index in [2.05, 4.69) is 22.4 Å². The Balaban J connectivity index is 2.04. The molecule has 0 fully saturated rings. The summed E-state index contributed by atoms with van der Waals surface area (Å²) in [5.41, 5.74) is 3.23. The zero-order chi connectivity index (χ0) is 21.0. The topological polar surface area (TPSA) is 66.6 Å². The van der Waals surface area contributed by atoms with Crippen LogP contribution in [0.1, 0.15) is 24.0 Å². The molecule has 1 amide bonds. The number of rotatable bonds is 8. The number of aromatic nitrogens is 1. The van der Waals surface area contributed by atoms with Gasteiger partial charge in [0.15, 0.2) is 11.5 Å². The summed E-state index contributed by atoms with van der Waals surface area (Å²) in [6.45, 7) is 2.46. The number of hydrogen-bond donors (Lipinski definition) is 2. The summed E-state index contributed by atoms with van der Waals surface area (Å²) >= 11 is 0. The van der Waals surface area contributed by atoms with Crippen LogP contribution < -0.4 is 14.8 Å². The van der Waals surface area contributed by atoms with Crippen molar-refractivity contribution in [2.24, 2.45) is 0 Å². The van der Waals surface area contributed by atoms with Gasteiger partial charge in [-0.2, -0.15) is 0 Å². The Kier molecular flexibility index (Phi) is 6.44. The molecule has 0 radical (unpaired) electrons. The van der Waals surface area contributed by atoms with Crippen molar-refractivity contribution in [2.45, 2.75) is 18.9 Å². The molecular formula is C23H29N3O3. The maximum Gasteiger partial charge on any atom is 0.238 e. The fourth-order valence-electron chi connectivity index (χ4n) is 3.73. The van der Waals surface area contributed by atoms with Crippen LogP contribution in [0.3, 0.4) is 0 Å². The fraction of sp³-hybridized carbons (Fsp3) is 0.348. The molecule has 3 rings (SSSR count). The van der Waals surface area contributed by atoms with E-state index in [9.17, 15) is 4.79 Å². The van der Waals surface area contributed by atoms with Gasteiger partial charge in [0.2, 0.25) is 5.91 Å². The summed E-state index contributed by atoms with van der Waals surface area (Å²) in [6.07, 6.45) is 2.04. The van der Waals surface area contributed by atoms with Crippen LogP contribution in [0, 0.1) is 0 Å². The van der Waals surface area contributed by atoms with Crippen LogP contribution in [-0.2, 0) is 4.79 Å². The van der Waals surface area contributed by atoms with Crippen molar-refractivity contribution in [3.8, 4) is 11.5 Å². The maximum atomic E-state index is 12.3. The van der Waals surface area contributed by atoms with E-state index >= 15 is 0 Å². The number of nitrogens with one attached hydrogen (secondary N) is 2. The minimum absolute atomic E-state index is 0.0337. The Morgan fingerprint density at radius 1 is 1.07 bits per heavy atom. The van der Waals surface area contributed by atoms with E-state index in [1.165, 1.54) is 0 Å². The third-order valence-corrected chi connectivity index (χ3v) is 5.24. The van der Waals surface area contributed by atoms with E-state index in [1.807, 2.05) is 43.5 Å². The predicted octanol–water partition coefficient (Wildman–Crippen LogP) is 3.38. The summed E-state index contributed by atoms with van der Waals surface area (Å²) in [5, 5.41) is 4.55. The molecule has 29 heavy (non-hydrogen) atoms. The van der Waals surface area contributed by atoms with Crippen LogP contribution >= 0.6 is 0 Å². The molecule has 0 bridgehead atoms. The van der Waals surface area contributed by atoms with Crippen molar-refractivity contribution in [3.05, 3.63) is 59.8 Å². The van der Waals surface area contributed by atoms with Gasteiger partial charge in [0, 0.05) is 49.2 Å². The largest absolute Gasteiger partial charge is 0.493 e. The molecule has 1 heterocycles. The summed E-state index contributed by atoms with van der Waals surface area (Å²) in [7, 11) is 6.82. The van der Waals surface area contributed by atoms with E-state index in [0.717, 1.165) is 22.0 Å². The van der Waals surface area contributed by atoms with Crippen LogP contribution in [0.25, 0.3) is 10.9 Å². The molecule has 6 heteroatoms. The van der Waals surface area contributed by atoms with E-state index in [0.29, 0.717) is 18.0 Å². The van der Waals surface area contributed by atoms with Crippen LogP contribution in [-0.4, -0.2) is 56.7 Å². The lowest BCUT2D eigenvalue weighted by Gasteiger charge is -2.24. The number of hydrogen-bond acceptors (Lipinski definition) is 4. The first-order chi connectivity index (χ1) is 14.0. The standard InChI is InChI=1S/C23H29N3O3/c1-15(23(27)26(2)3)24-13-19(17-10-8-12-21(28-4)22(17)29-5)18-14-25-20-11-7-6-9-16(18)20/h6-12,14-15,19,24-25H,13H2,1-5H3/t15-,19-/m0/s1. The second-order valence-corrected chi connectivity index (χ2v) is 7.29. The van der Waals surface area contributed by atoms with Gasteiger partial charge in [-0.3, -0.25) is 4.79 Å². The maximum absolute atomic E-state index is 12.3. The van der Waals surface area contributed by atoms with Gasteiger partial charge in [-0.1, -0.05) is 30.3 Å². The number of ether oxygens (including phenoxy) is 2. The van der Waals surface area contributed by atoms with Crippen LogP contribution in [0.4, 0.5) is 0 Å². The Morgan fingerprint density at radius 3 is 2.52 bits per heavy atom. The summed E-state index contributed by atoms with van der Waals surface area (Å²) in [4.78, 5) is 17.3. The molecule has 2 aromatic carbocycles. The molecule has 3 aromatic rings. The lowest BCUT2D eigenvalue weighted by Crippen LogP contribution is -2.43. The molecule has 2 atom stereocenters. The SMILES string of the molecule is COc1cccc([C@H](CN[C@@H](C)C(=O)N(C)C)c2c[nH]c3ccccc23)c1OC. The van der Waals surface area contributed by atoms with Gasteiger partial charge in [0.1, 0.15) is 0 Å². The number of carbonyl (C=O) groups is 1. The van der Waals surface area contributed by atoms with Crippen molar-refractivity contribution >= 4 is 16.8 Å². The molecular weight excluding hydrogens is 366 g/mol. The molecule has 2 N–H and O–H groups in total. The molecule has 0 spiro atoms. The number of methoxy groups -OCH3 is 2. The Morgan fingerprint density at radius 2 is 1.83 bits per heavy atom. The molecule has 0 aliphatic rings. The van der Waals surface area contributed by atoms with Gasteiger partial charge >= 0.3 is 0 Å². The molecule has 0 aliphatic carbocycles. The number of para-hydroxylation sites is 2. The smallest absolute Gasteiger partial charge is 0.238 e. The molecule has 0 aliphatic heterocycles. The van der Waals surface area contributed by atoms with Crippen molar-refractivity contribution in [2.75, 3.05) is 34.9 Å². The van der Waals surface area contributed by atoms with Crippen LogP contribution in [0.15, 0.2) is 48.7 Å². The highest BCUT2D eigenvalue weighted by Crippen LogP contribution is 2.40. The molecule has 154 valence electrons. The average molecular weight is 396 g/mol. The van der Waals surface area contributed by atoms with Crippen molar-refractivity contribution in [1.82, 2.24) is 15.2 Å². The minimum Gasteiger partial charge on any atom is -0.493 e. The first-order valence-electron chi connectivity index (χ1n) is 9.69. The predicted molar refractivity (Wildman–Crippen MR) is 116 cm³/mol. The monoisotopic (exact) mass is 395 g/mol. The first-order valence-corrected chi connectivity index (χ1v) is 9.69. The summed E-state index contributed by atoms with van der Waals surface area (Å²) in [5.74, 6) is 1.40. The van der Waals surface area contributed by atoms with Crippen molar-refractivity contribution in [3.63, 3.8) is 0 Å². The number of H-pyrrole nitrogens is 1. The summed E-state index contributed by atoms with van der Waals surface area (Å²) < 4.78 is 11.2. The number of carbonyl (C=O) groups excluding carboxylic acids is 1. The lowest BCUT2D eigenvalue weighted by molar-refractivity contribution is -0.130. The molecule has 1 aromatic heterocycles. The second-order valence-electron chi connectivity index (χ2n) is 7.29. The molecule has 6 nitrogen and oxygen atoms in total. The molecule has 0 saturated heterocycles. The Bertz CT molecular complexity index is 980. The number of amides is 1. The Hall–Kier alpha value is -2.99. The van der Waals surface area contributed by atoms with Gasteiger partial charge < -0.3 is 24.7 Å². The number of benzene rings is 2. The van der Waals surface area contributed by atoms with Gasteiger partial charge in [0.25, 0.3) is 0 Å². The third kappa shape index (κ3) is 4.22. The quantitative estimate of drug-likeness (QED) is 0.614. The second kappa shape index (κ2) is 9.01. The third-order valence-electron chi connectivity index (χ3n) is 5.24. The van der Waals surface area contributed by atoms with E-state index < -0.39 is 0 Å². The van der Waals surface area contributed by atoms with Gasteiger partial charge in [-0.05, 0) is 24.6 Å². The molecule has 0 unspecified atom stereocenters. The Labute approximate surface area is 171 Å². The first kappa shape index (κ1) is 20.7. The van der Waals surface area contributed by atoms with Gasteiger partial charge in [-0.25, -0.2) is 0 Å². The van der Waals surface area contributed by atoms with Crippen LogP contribution in [0.5, 0.6) is 11.5 Å². The zero-order valence-electron chi connectivity index (χ0n) is 17.7.